The number of hydrogen-bond donors (Lipinski definition) is 2. The van der Waals surface area contributed by atoms with E-state index in [2.05, 4.69) is 21.2 Å². The molecule has 0 bridgehead atoms. The Kier molecular flexibility index (Phi) is 6.86. The van der Waals surface area contributed by atoms with Crippen LogP contribution in [0.3, 0.4) is 0 Å². The molecule has 2 rings (SSSR count). The van der Waals surface area contributed by atoms with E-state index in [9.17, 15) is 19.5 Å². The molecule has 0 fully saturated rings. The number of carboxylic acids is 1. The fourth-order valence-electron chi connectivity index (χ4n) is 2.81. The minimum atomic E-state index is -1.26. The summed E-state index contributed by atoms with van der Waals surface area (Å²) in [5.41, 5.74) is -0.348. The maximum atomic E-state index is 12.8. The molecule has 9 heteroatoms. The summed E-state index contributed by atoms with van der Waals surface area (Å²) in [6, 6.07) is 5.82. The largest absolute Gasteiger partial charge is 0.480 e. The van der Waals surface area contributed by atoms with Crippen molar-refractivity contribution in [3.05, 3.63) is 34.4 Å². The second-order valence-electron chi connectivity index (χ2n) is 8.84. The van der Waals surface area contributed by atoms with E-state index in [1.165, 1.54) is 4.57 Å². The Morgan fingerprint density at radius 1 is 1.07 bits per heavy atom. The second-order valence-corrected chi connectivity index (χ2v) is 9.59. The van der Waals surface area contributed by atoms with Crippen molar-refractivity contribution in [3.63, 3.8) is 0 Å². The number of aromatic nitrogens is 1. The molecule has 1 atom stereocenters. The standard InChI is InChI=1S/C21H27BrN2O6/c1-20(2,3)29-18(27)23-14(17(25)26)11-13-12-9-7-8-10-15(12)24(16(13)22)19(28)30-21(4,5)6/h7-10,14H,11H2,1-6H3,(H,23,27)(H,25,26)/t14-/m1/s1. The van der Waals surface area contributed by atoms with Crippen molar-refractivity contribution in [2.45, 2.75) is 65.2 Å². The fourth-order valence-corrected chi connectivity index (χ4v) is 3.52. The van der Waals surface area contributed by atoms with Crippen LogP contribution < -0.4 is 5.32 Å². The van der Waals surface area contributed by atoms with E-state index in [1.54, 1.807) is 65.8 Å². The zero-order valence-electron chi connectivity index (χ0n) is 17.9. The summed E-state index contributed by atoms with van der Waals surface area (Å²) in [6.07, 6.45) is -1.49. The Bertz CT molecular complexity index is 968. The van der Waals surface area contributed by atoms with Gasteiger partial charge in [-0.2, -0.15) is 0 Å². The number of amides is 1. The monoisotopic (exact) mass is 482 g/mol. The molecule has 0 aliphatic heterocycles. The van der Waals surface area contributed by atoms with E-state index in [4.69, 9.17) is 9.47 Å². The van der Waals surface area contributed by atoms with Crippen LogP contribution in [0.5, 0.6) is 0 Å². The van der Waals surface area contributed by atoms with E-state index in [1.807, 2.05) is 0 Å². The van der Waals surface area contributed by atoms with Crippen molar-refractivity contribution in [1.29, 1.82) is 0 Å². The van der Waals surface area contributed by atoms with Gasteiger partial charge in [-0.25, -0.2) is 19.0 Å². The van der Waals surface area contributed by atoms with Crippen LogP contribution in [0.25, 0.3) is 10.9 Å². The molecule has 0 aliphatic rings. The molecule has 0 unspecified atom stereocenters. The van der Waals surface area contributed by atoms with Crippen LogP contribution in [0.2, 0.25) is 0 Å². The third kappa shape index (κ3) is 5.98. The first-order valence-electron chi connectivity index (χ1n) is 9.43. The SMILES string of the molecule is CC(C)(C)OC(=O)N[C@H](Cc1c(Br)n(C(=O)OC(C)(C)C)c2ccccc12)C(=O)O. The zero-order valence-corrected chi connectivity index (χ0v) is 19.5. The van der Waals surface area contributed by atoms with Crippen molar-refractivity contribution in [3.8, 4) is 0 Å². The Balaban J connectivity index is 2.43. The Morgan fingerprint density at radius 3 is 2.17 bits per heavy atom. The van der Waals surface area contributed by atoms with Crippen molar-refractivity contribution >= 4 is 45.0 Å². The molecule has 8 nitrogen and oxygen atoms in total. The van der Waals surface area contributed by atoms with Crippen LogP contribution in [0, 0.1) is 0 Å². The first-order valence-corrected chi connectivity index (χ1v) is 10.2. The number of carbonyl (C=O) groups excluding carboxylic acids is 2. The number of carbonyl (C=O) groups is 3. The lowest BCUT2D eigenvalue weighted by Gasteiger charge is -2.22. The number of fused-ring (bicyclic) bond motifs is 1. The van der Waals surface area contributed by atoms with Crippen LogP contribution in [0.4, 0.5) is 9.59 Å². The average molecular weight is 483 g/mol. The first kappa shape index (κ1) is 23.7. The van der Waals surface area contributed by atoms with Crippen LogP contribution >= 0.6 is 15.9 Å². The second kappa shape index (κ2) is 8.67. The van der Waals surface area contributed by atoms with Gasteiger partial charge >= 0.3 is 18.2 Å². The molecule has 0 saturated heterocycles. The Hall–Kier alpha value is -2.55. The van der Waals surface area contributed by atoms with Crippen molar-refractivity contribution in [1.82, 2.24) is 9.88 Å². The lowest BCUT2D eigenvalue weighted by molar-refractivity contribution is -0.139. The maximum Gasteiger partial charge on any atom is 0.419 e. The summed E-state index contributed by atoms with van der Waals surface area (Å²) in [4.78, 5) is 36.7. The van der Waals surface area contributed by atoms with Gasteiger partial charge in [-0.15, -0.1) is 0 Å². The van der Waals surface area contributed by atoms with Gasteiger partial charge in [-0.05, 0) is 69.1 Å². The van der Waals surface area contributed by atoms with Gasteiger partial charge in [0.1, 0.15) is 17.2 Å². The van der Waals surface area contributed by atoms with Crippen molar-refractivity contribution in [2.24, 2.45) is 0 Å². The lowest BCUT2D eigenvalue weighted by Crippen LogP contribution is -2.44. The number of nitrogens with one attached hydrogen (secondary N) is 1. The van der Waals surface area contributed by atoms with E-state index in [0.29, 0.717) is 21.1 Å². The van der Waals surface area contributed by atoms with Crippen molar-refractivity contribution < 1.29 is 29.0 Å². The number of nitrogens with zero attached hydrogens (tertiary/aromatic N) is 1. The molecule has 1 amide bonds. The molecular weight excluding hydrogens is 456 g/mol. The van der Waals surface area contributed by atoms with Gasteiger partial charge in [0.15, 0.2) is 0 Å². The summed E-state index contributed by atoms with van der Waals surface area (Å²) in [7, 11) is 0. The number of rotatable bonds is 4. The van der Waals surface area contributed by atoms with E-state index in [-0.39, 0.29) is 6.42 Å². The highest BCUT2D eigenvalue weighted by Gasteiger charge is 2.29. The average Bonchev–Trinajstić information content (AvgIpc) is 2.83. The molecule has 0 aliphatic carbocycles. The number of para-hydroxylation sites is 1. The molecule has 2 N–H and O–H groups in total. The predicted octanol–water partition coefficient (Wildman–Crippen LogP) is 4.71. The van der Waals surface area contributed by atoms with E-state index in [0.717, 1.165) is 0 Å². The normalized spacial score (nSPS) is 13.0. The molecule has 1 heterocycles. The number of halogens is 1. The molecule has 0 spiro atoms. The number of carboxylic acid groups (broad SMARTS) is 1. The summed E-state index contributed by atoms with van der Waals surface area (Å²) in [5, 5.41) is 12.7. The number of ether oxygens (including phenoxy) is 2. The number of hydrogen-bond acceptors (Lipinski definition) is 5. The maximum absolute atomic E-state index is 12.8. The van der Waals surface area contributed by atoms with Crippen LogP contribution in [-0.4, -0.2) is 45.1 Å². The molecule has 0 saturated carbocycles. The highest BCUT2D eigenvalue weighted by molar-refractivity contribution is 9.10. The van der Waals surface area contributed by atoms with Gasteiger partial charge < -0.3 is 19.9 Å². The quantitative estimate of drug-likeness (QED) is 0.653. The van der Waals surface area contributed by atoms with Crippen LogP contribution in [0.15, 0.2) is 28.9 Å². The molecule has 30 heavy (non-hydrogen) atoms. The van der Waals surface area contributed by atoms with Gasteiger partial charge in [0.2, 0.25) is 0 Å². The summed E-state index contributed by atoms with van der Waals surface area (Å²) >= 11 is 3.42. The van der Waals surface area contributed by atoms with Gasteiger partial charge in [0.25, 0.3) is 0 Å². The first-order chi connectivity index (χ1) is 13.7. The smallest absolute Gasteiger partial charge is 0.419 e. The molecule has 164 valence electrons. The summed E-state index contributed by atoms with van der Waals surface area (Å²) < 4.78 is 12.4. The minimum Gasteiger partial charge on any atom is -0.480 e. The molecule has 1 aromatic heterocycles. The molecule has 2 aromatic rings. The summed E-state index contributed by atoms with van der Waals surface area (Å²) in [5.74, 6) is -1.22. The van der Waals surface area contributed by atoms with E-state index < -0.39 is 35.4 Å². The number of aliphatic carboxylic acids is 1. The fraction of sp³-hybridized carbons (Fsp3) is 0.476. The van der Waals surface area contributed by atoms with Gasteiger partial charge in [0.05, 0.1) is 10.1 Å². The highest BCUT2D eigenvalue weighted by atomic mass is 79.9. The topological polar surface area (TPSA) is 107 Å². The number of alkyl carbamates (subject to hydrolysis) is 1. The summed E-state index contributed by atoms with van der Waals surface area (Å²) in [6.45, 7) is 10.3. The van der Waals surface area contributed by atoms with Crippen LogP contribution in [0.1, 0.15) is 47.1 Å². The van der Waals surface area contributed by atoms with Gasteiger partial charge in [-0.3, -0.25) is 0 Å². The third-order valence-corrected chi connectivity index (χ3v) is 4.72. The molecule has 1 aromatic carbocycles. The van der Waals surface area contributed by atoms with Crippen LogP contribution in [-0.2, 0) is 20.7 Å². The molecule has 0 radical (unpaired) electrons. The highest BCUT2D eigenvalue weighted by Crippen LogP contribution is 2.32. The Morgan fingerprint density at radius 2 is 1.63 bits per heavy atom. The zero-order chi connectivity index (χ0) is 22.9. The lowest BCUT2D eigenvalue weighted by atomic mass is 10.1. The Labute approximate surface area is 183 Å². The minimum absolute atomic E-state index is 0.0640. The number of benzene rings is 1. The van der Waals surface area contributed by atoms with E-state index >= 15 is 0 Å². The molecular formula is C21H27BrN2O6. The van der Waals surface area contributed by atoms with Gasteiger partial charge in [0, 0.05) is 11.8 Å². The predicted molar refractivity (Wildman–Crippen MR) is 116 cm³/mol. The third-order valence-electron chi connectivity index (χ3n) is 3.89. The van der Waals surface area contributed by atoms with Gasteiger partial charge in [-0.1, -0.05) is 18.2 Å². The van der Waals surface area contributed by atoms with Crippen molar-refractivity contribution in [2.75, 3.05) is 0 Å².